The van der Waals surface area contributed by atoms with Crippen LogP contribution in [0.2, 0.25) is 0 Å². The Morgan fingerprint density at radius 2 is 2.12 bits per heavy atom. The summed E-state index contributed by atoms with van der Waals surface area (Å²) >= 11 is 1.52. The Bertz CT molecular complexity index is 879. The van der Waals surface area contributed by atoms with Crippen molar-refractivity contribution >= 4 is 29.2 Å². The summed E-state index contributed by atoms with van der Waals surface area (Å²) in [5.41, 5.74) is 3.70. The first-order chi connectivity index (χ1) is 11.8. The van der Waals surface area contributed by atoms with Crippen molar-refractivity contribution in [1.29, 1.82) is 0 Å². The highest BCUT2D eigenvalue weighted by atomic mass is 32.1. The van der Waals surface area contributed by atoms with E-state index in [-0.39, 0.29) is 5.78 Å². The molecule has 1 aromatic carbocycles. The molecule has 1 aromatic heterocycles. The van der Waals surface area contributed by atoms with E-state index in [1.54, 1.807) is 23.7 Å². The number of carboxylic acids is 1. The van der Waals surface area contributed by atoms with E-state index in [1.807, 2.05) is 13.0 Å². The first kappa shape index (κ1) is 17.4. The van der Waals surface area contributed by atoms with Gasteiger partial charge in [0.05, 0.1) is 16.1 Å². The fraction of sp³-hybridized carbons (Fsp3) is 0.316. The average molecular weight is 357 g/mol. The summed E-state index contributed by atoms with van der Waals surface area (Å²) in [6.45, 7) is 4.92. The number of hydrogen-bond acceptors (Lipinski definition) is 5. The fourth-order valence-electron chi connectivity index (χ4n) is 2.70. The van der Waals surface area contributed by atoms with Crippen molar-refractivity contribution in [3.05, 3.63) is 51.0 Å². The lowest BCUT2D eigenvalue weighted by atomic mass is 9.86. The van der Waals surface area contributed by atoms with Gasteiger partial charge in [-0.15, -0.1) is 11.3 Å². The number of allylic oxidation sites excluding steroid dienone is 1. The van der Waals surface area contributed by atoms with E-state index in [0.29, 0.717) is 17.7 Å². The zero-order valence-electron chi connectivity index (χ0n) is 14.3. The Hall–Kier alpha value is -2.47. The van der Waals surface area contributed by atoms with Crippen LogP contribution in [-0.2, 0) is 11.2 Å². The molecule has 130 valence electrons. The number of benzene rings is 1. The number of thiazole rings is 1. The van der Waals surface area contributed by atoms with Gasteiger partial charge in [0.2, 0.25) is 0 Å². The highest BCUT2D eigenvalue weighted by molar-refractivity contribution is 7.10. The number of fused-ring (bicyclic) bond motifs is 1. The molecule has 0 radical (unpaired) electrons. The maximum absolute atomic E-state index is 12.7. The van der Waals surface area contributed by atoms with Crippen LogP contribution in [0.25, 0.3) is 6.08 Å². The highest BCUT2D eigenvalue weighted by Gasteiger charge is 2.30. The molecule has 0 spiro atoms. The molecule has 2 aromatic rings. The van der Waals surface area contributed by atoms with Crippen LogP contribution in [0.5, 0.6) is 5.75 Å². The Kier molecular flexibility index (Phi) is 4.47. The first-order valence-electron chi connectivity index (χ1n) is 7.98. The minimum Gasteiger partial charge on any atom is -0.478 e. The van der Waals surface area contributed by atoms with Gasteiger partial charge in [-0.1, -0.05) is 0 Å². The van der Waals surface area contributed by atoms with E-state index in [1.165, 1.54) is 25.2 Å². The highest BCUT2D eigenvalue weighted by Crippen LogP contribution is 2.31. The van der Waals surface area contributed by atoms with Gasteiger partial charge in [-0.3, -0.25) is 4.79 Å². The summed E-state index contributed by atoms with van der Waals surface area (Å²) < 4.78 is 5.56. The van der Waals surface area contributed by atoms with Crippen molar-refractivity contribution in [3.63, 3.8) is 0 Å². The number of carbonyl (C=O) groups is 2. The molecule has 25 heavy (non-hydrogen) atoms. The van der Waals surface area contributed by atoms with Crippen molar-refractivity contribution in [3.8, 4) is 5.75 Å². The maximum Gasteiger partial charge on any atom is 0.347 e. The summed E-state index contributed by atoms with van der Waals surface area (Å²) in [5, 5.41) is 9.17. The van der Waals surface area contributed by atoms with Crippen LogP contribution in [-0.4, -0.2) is 27.4 Å². The summed E-state index contributed by atoms with van der Waals surface area (Å²) in [4.78, 5) is 29.2. The minimum atomic E-state index is -1.32. The van der Waals surface area contributed by atoms with Gasteiger partial charge in [-0.05, 0) is 63.5 Å². The first-order valence-corrected chi connectivity index (χ1v) is 8.86. The lowest BCUT2D eigenvalue weighted by Gasteiger charge is -2.23. The summed E-state index contributed by atoms with van der Waals surface area (Å²) in [5.74, 6) is -0.561. The van der Waals surface area contributed by atoms with E-state index < -0.39 is 11.6 Å². The maximum atomic E-state index is 12.7. The summed E-state index contributed by atoms with van der Waals surface area (Å²) in [6.07, 6.45) is 3.29. The molecule has 0 amide bonds. The van der Waals surface area contributed by atoms with Crippen molar-refractivity contribution in [2.75, 3.05) is 0 Å². The number of ether oxygens (including phenoxy) is 1. The molecular formula is C19H19NO4S. The van der Waals surface area contributed by atoms with E-state index >= 15 is 0 Å². The lowest BCUT2D eigenvalue weighted by Crippen LogP contribution is -2.37. The third kappa shape index (κ3) is 3.49. The summed E-state index contributed by atoms with van der Waals surface area (Å²) in [6, 6.07) is 5.15. The monoisotopic (exact) mass is 357 g/mol. The molecule has 0 atom stereocenters. The topological polar surface area (TPSA) is 76.5 Å². The number of carbonyl (C=O) groups excluding carboxylic acids is 1. The van der Waals surface area contributed by atoms with Crippen LogP contribution in [0.3, 0.4) is 0 Å². The second kappa shape index (κ2) is 6.44. The van der Waals surface area contributed by atoms with Gasteiger partial charge in [-0.2, -0.15) is 0 Å². The van der Waals surface area contributed by atoms with Gasteiger partial charge in [-0.25, -0.2) is 9.78 Å². The fourth-order valence-corrected chi connectivity index (χ4v) is 3.46. The molecule has 0 saturated carbocycles. The number of Topliss-reactive ketones (excluding diaryl/α,β-unsaturated/α-hetero) is 1. The van der Waals surface area contributed by atoms with E-state index in [4.69, 9.17) is 4.74 Å². The number of aliphatic carboxylic acids is 1. The molecule has 0 aliphatic heterocycles. The van der Waals surface area contributed by atoms with E-state index in [2.05, 4.69) is 4.98 Å². The summed E-state index contributed by atoms with van der Waals surface area (Å²) in [7, 11) is 0. The second-order valence-electron chi connectivity index (χ2n) is 6.54. The zero-order chi connectivity index (χ0) is 18.2. The van der Waals surface area contributed by atoms with E-state index in [0.717, 1.165) is 28.1 Å². The smallest absolute Gasteiger partial charge is 0.347 e. The lowest BCUT2D eigenvalue weighted by molar-refractivity contribution is -0.152. The van der Waals surface area contributed by atoms with Gasteiger partial charge in [0, 0.05) is 11.1 Å². The van der Waals surface area contributed by atoms with Gasteiger partial charge in [0.1, 0.15) is 5.75 Å². The number of aromatic nitrogens is 1. The third-order valence-corrected chi connectivity index (χ3v) is 5.13. The Balaban J connectivity index is 1.87. The zero-order valence-corrected chi connectivity index (χ0v) is 15.1. The molecule has 5 nitrogen and oxygen atoms in total. The number of carboxylic acid groups (broad SMARTS) is 1. The number of ketones is 1. The van der Waals surface area contributed by atoms with Crippen LogP contribution in [0.1, 0.15) is 46.8 Å². The second-order valence-corrected chi connectivity index (χ2v) is 7.42. The Morgan fingerprint density at radius 1 is 1.36 bits per heavy atom. The molecule has 3 rings (SSSR count). The van der Waals surface area contributed by atoms with Gasteiger partial charge in [0.25, 0.3) is 0 Å². The largest absolute Gasteiger partial charge is 0.478 e. The van der Waals surface area contributed by atoms with Crippen LogP contribution in [0.15, 0.2) is 29.3 Å². The molecular weight excluding hydrogens is 338 g/mol. The van der Waals surface area contributed by atoms with Gasteiger partial charge < -0.3 is 9.84 Å². The van der Waals surface area contributed by atoms with Gasteiger partial charge in [0.15, 0.2) is 11.4 Å². The number of aryl methyl sites for hydroxylation is 2. The normalized spacial score (nSPS) is 16.0. The number of rotatable bonds is 4. The SMILES string of the molecule is Cc1ncsc1/C=C1\CCc2cc(OC(C)(C)C(=O)O)ccc2C1=O. The number of nitrogens with zero attached hydrogens (tertiary/aromatic N) is 1. The third-order valence-electron chi connectivity index (χ3n) is 4.25. The molecule has 1 heterocycles. The molecule has 1 aliphatic carbocycles. The molecule has 0 bridgehead atoms. The van der Waals surface area contributed by atoms with E-state index in [9.17, 15) is 14.7 Å². The van der Waals surface area contributed by atoms with Crippen molar-refractivity contribution in [2.45, 2.75) is 39.2 Å². The van der Waals surface area contributed by atoms with Crippen molar-refractivity contribution < 1.29 is 19.4 Å². The number of hydrogen-bond donors (Lipinski definition) is 1. The van der Waals surface area contributed by atoms with Gasteiger partial charge >= 0.3 is 5.97 Å². The molecule has 0 fully saturated rings. The predicted molar refractivity (Wildman–Crippen MR) is 96.3 cm³/mol. The molecule has 1 aliphatic rings. The standard InChI is InChI=1S/C19H19NO4S/c1-11-16(25-10-20-11)9-13-5-4-12-8-14(6-7-15(12)17(13)21)24-19(2,3)18(22)23/h6-10H,4-5H2,1-3H3,(H,22,23)/b13-9+. The molecule has 0 unspecified atom stereocenters. The molecule has 1 N–H and O–H groups in total. The predicted octanol–water partition coefficient (Wildman–Crippen LogP) is 3.91. The van der Waals surface area contributed by atoms with Crippen LogP contribution >= 0.6 is 11.3 Å². The minimum absolute atomic E-state index is 0.0121. The average Bonchev–Trinajstić information content (AvgIpc) is 2.94. The Labute approximate surface area is 150 Å². The van der Waals surface area contributed by atoms with Crippen LogP contribution in [0.4, 0.5) is 0 Å². The molecule has 0 saturated heterocycles. The molecule has 6 heteroatoms. The van der Waals surface area contributed by atoms with Crippen LogP contribution in [0, 0.1) is 6.92 Å². The Morgan fingerprint density at radius 3 is 2.76 bits per heavy atom. The van der Waals surface area contributed by atoms with Crippen LogP contribution < -0.4 is 4.74 Å². The van der Waals surface area contributed by atoms with Crippen molar-refractivity contribution in [1.82, 2.24) is 4.98 Å². The van der Waals surface area contributed by atoms with Crippen molar-refractivity contribution in [2.24, 2.45) is 0 Å². The quantitative estimate of drug-likeness (QED) is 0.840.